The first-order valence-corrected chi connectivity index (χ1v) is 12.2. The fraction of sp³-hybridized carbons (Fsp3) is 0.333. The van der Waals surface area contributed by atoms with Gasteiger partial charge in [0.1, 0.15) is 11.4 Å². The normalized spacial score (nSPS) is 18.0. The van der Waals surface area contributed by atoms with E-state index < -0.39 is 17.7 Å². The Balaban J connectivity index is 1.43. The van der Waals surface area contributed by atoms with Gasteiger partial charge in [-0.3, -0.25) is 4.79 Å². The van der Waals surface area contributed by atoms with E-state index in [9.17, 15) is 19.8 Å². The van der Waals surface area contributed by atoms with E-state index in [0.717, 1.165) is 16.3 Å². The van der Waals surface area contributed by atoms with Crippen LogP contribution in [0, 0.1) is 5.92 Å². The zero-order chi connectivity index (χ0) is 25.8. The van der Waals surface area contributed by atoms with Crippen molar-refractivity contribution in [2.75, 3.05) is 29.9 Å². The molecule has 5 rings (SSSR count). The number of phenolic OH excluding ortho intramolecular Hbond substituents is 1. The number of fused-ring (bicyclic) bond motifs is 2. The van der Waals surface area contributed by atoms with Gasteiger partial charge in [0.2, 0.25) is 6.23 Å². The molecule has 2 aliphatic rings. The van der Waals surface area contributed by atoms with E-state index in [2.05, 4.69) is 5.32 Å². The standard InChI is InChI=1S/C27H28ClN3O5/c1-27(2,3)36-26(35)30-12-15(13-30)14-31-23-11-21(28)20(10-22(23)29-24(33)25(31)34)19-9-17(32)8-16-6-4-5-7-18(16)19/h4-11,15,24,29,32-33H,12-14H2,1-3H3. The first-order chi connectivity index (χ1) is 17.0. The molecule has 0 spiro atoms. The van der Waals surface area contributed by atoms with Crippen molar-refractivity contribution < 1.29 is 24.5 Å². The minimum absolute atomic E-state index is 0.0353. The SMILES string of the molecule is CC(C)(C)OC(=O)N1CC(CN2C(=O)C(O)Nc3cc(-c4cc(O)cc5ccccc45)c(Cl)cc32)C1. The number of hydrogen-bond donors (Lipinski definition) is 3. The van der Waals surface area contributed by atoms with Crippen LogP contribution in [-0.4, -0.2) is 58.6 Å². The summed E-state index contributed by atoms with van der Waals surface area (Å²) in [5, 5.41) is 25.8. The van der Waals surface area contributed by atoms with E-state index in [1.807, 2.05) is 45.0 Å². The second-order valence-electron chi connectivity index (χ2n) is 10.3. The predicted octanol–water partition coefficient (Wildman–Crippen LogP) is 4.81. The molecule has 9 heteroatoms. The molecule has 1 atom stereocenters. The highest BCUT2D eigenvalue weighted by molar-refractivity contribution is 6.34. The summed E-state index contributed by atoms with van der Waals surface area (Å²) >= 11 is 6.73. The molecule has 0 aromatic heterocycles. The minimum atomic E-state index is -1.41. The van der Waals surface area contributed by atoms with Crippen molar-refractivity contribution in [3.05, 3.63) is 53.6 Å². The Morgan fingerprint density at radius 2 is 1.86 bits per heavy atom. The number of aromatic hydroxyl groups is 1. The van der Waals surface area contributed by atoms with Crippen molar-refractivity contribution in [1.82, 2.24) is 4.90 Å². The summed E-state index contributed by atoms with van der Waals surface area (Å²) in [6.45, 7) is 6.69. The monoisotopic (exact) mass is 509 g/mol. The predicted molar refractivity (Wildman–Crippen MR) is 139 cm³/mol. The van der Waals surface area contributed by atoms with Gasteiger partial charge in [0.05, 0.1) is 16.4 Å². The molecular weight excluding hydrogens is 482 g/mol. The van der Waals surface area contributed by atoms with Crippen molar-refractivity contribution in [3.8, 4) is 16.9 Å². The van der Waals surface area contributed by atoms with Crippen LogP contribution in [0.2, 0.25) is 5.02 Å². The maximum atomic E-state index is 12.9. The first kappa shape index (κ1) is 24.2. The smallest absolute Gasteiger partial charge is 0.410 e. The summed E-state index contributed by atoms with van der Waals surface area (Å²) in [4.78, 5) is 28.3. The van der Waals surface area contributed by atoms with Gasteiger partial charge in [0.15, 0.2) is 0 Å². The second kappa shape index (κ2) is 8.87. The zero-order valence-electron chi connectivity index (χ0n) is 20.3. The molecule has 8 nitrogen and oxygen atoms in total. The fourth-order valence-electron chi connectivity index (χ4n) is 4.71. The van der Waals surface area contributed by atoms with E-state index in [0.29, 0.717) is 41.6 Å². The second-order valence-corrected chi connectivity index (χ2v) is 10.7. The number of phenols is 1. The summed E-state index contributed by atoms with van der Waals surface area (Å²) in [6, 6.07) is 14.5. The molecule has 2 amide bonds. The number of amides is 2. The number of anilines is 2. The lowest BCUT2D eigenvalue weighted by Crippen LogP contribution is -2.57. The van der Waals surface area contributed by atoms with E-state index in [4.69, 9.17) is 16.3 Å². The van der Waals surface area contributed by atoms with E-state index in [-0.39, 0.29) is 17.8 Å². The summed E-state index contributed by atoms with van der Waals surface area (Å²) in [5.74, 6) is -0.334. The number of aliphatic hydroxyl groups excluding tert-OH is 1. The number of nitrogens with zero attached hydrogens (tertiary/aromatic N) is 2. The van der Waals surface area contributed by atoms with Gasteiger partial charge >= 0.3 is 6.09 Å². The average Bonchev–Trinajstić information content (AvgIpc) is 2.76. The summed E-state index contributed by atoms with van der Waals surface area (Å²) < 4.78 is 5.41. The van der Waals surface area contributed by atoms with Crippen LogP contribution in [0.3, 0.4) is 0 Å². The minimum Gasteiger partial charge on any atom is -0.508 e. The van der Waals surface area contributed by atoms with Crippen LogP contribution in [-0.2, 0) is 9.53 Å². The molecule has 3 aromatic carbocycles. The van der Waals surface area contributed by atoms with Crippen molar-refractivity contribution in [2.45, 2.75) is 32.6 Å². The lowest BCUT2D eigenvalue weighted by molar-refractivity contribution is -0.126. The Morgan fingerprint density at radius 1 is 1.14 bits per heavy atom. The van der Waals surface area contributed by atoms with Gasteiger partial charge in [-0.25, -0.2) is 4.79 Å². The van der Waals surface area contributed by atoms with Gasteiger partial charge in [0.25, 0.3) is 5.91 Å². The molecule has 0 bridgehead atoms. The van der Waals surface area contributed by atoms with Gasteiger partial charge in [0, 0.05) is 31.1 Å². The van der Waals surface area contributed by atoms with Gasteiger partial charge < -0.3 is 30.1 Å². The molecule has 3 N–H and O–H groups in total. The van der Waals surface area contributed by atoms with Crippen LogP contribution in [0.5, 0.6) is 5.75 Å². The van der Waals surface area contributed by atoms with Gasteiger partial charge in [-0.1, -0.05) is 35.9 Å². The van der Waals surface area contributed by atoms with Crippen LogP contribution < -0.4 is 10.2 Å². The molecule has 188 valence electrons. The number of benzene rings is 3. The topological polar surface area (TPSA) is 102 Å². The third-order valence-electron chi connectivity index (χ3n) is 6.35. The lowest BCUT2D eigenvalue weighted by Gasteiger charge is -2.43. The van der Waals surface area contributed by atoms with Crippen LogP contribution in [0.1, 0.15) is 20.8 Å². The van der Waals surface area contributed by atoms with Crippen LogP contribution in [0.4, 0.5) is 16.2 Å². The maximum absolute atomic E-state index is 12.9. The van der Waals surface area contributed by atoms with Crippen LogP contribution >= 0.6 is 11.6 Å². The fourth-order valence-corrected chi connectivity index (χ4v) is 4.97. The van der Waals surface area contributed by atoms with Crippen molar-refractivity contribution >= 4 is 45.7 Å². The maximum Gasteiger partial charge on any atom is 0.410 e. The molecule has 2 aliphatic heterocycles. The van der Waals surface area contributed by atoms with Crippen molar-refractivity contribution in [3.63, 3.8) is 0 Å². The van der Waals surface area contributed by atoms with Gasteiger partial charge in [-0.2, -0.15) is 0 Å². The Labute approximate surface area is 214 Å². The average molecular weight is 510 g/mol. The molecule has 0 aliphatic carbocycles. The highest BCUT2D eigenvalue weighted by Gasteiger charge is 2.39. The molecule has 1 saturated heterocycles. The zero-order valence-corrected chi connectivity index (χ0v) is 21.0. The van der Waals surface area contributed by atoms with Crippen molar-refractivity contribution in [1.29, 1.82) is 0 Å². The highest BCUT2D eigenvalue weighted by Crippen LogP contribution is 2.43. The largest absolute Gasteiger partial charge is 0.508 e. The molecule has 2 heterocycles. The number of halogens is 1. The Hall–Kier alpha value is -3.49. The summed E-state index contributed by atoms with van der Waals surface area (Å²) in [7, 11) is 0. The van der Waals surface area contributed by atoms with E-state index in [1.54, 1.807) is 29.2 Å². The number of hydrogen-bond acceptors (Lipinski definition) is 6. The third-order valence-corrected chi connectivity index (χ3v) is 6.67. The number of rotatable bonds is 3. The van der Waals surface area contributed by atoms with E-state index in [1.165, 1.54) is 4.90 Å². The molecule has 0 saturated carbocycles. The van der Waals surface area contributed by atoms with E-state index >= 15 is 0 Å². The Morgan fingerprint density at radius 3 is 2.58 bits per heavy atom. The number of carbonyl (C=O) groups is 2. The van der Waals surface area contributed by atoms with Crippen LogP contribution in [0.25, 0.3) is 21.9 Å². The molecule has 1 unspecified atom stereocenters. The lowest BCUT2D eigenvalue weighted by atomic mass is 9.95. The highest BCUT2D eigenvalue weighted by atomic mass is 35.5. The molecule has 1 fully saturated rings. The molecule has 36 heavy (non-hydrogen) atoms. The van der Waals surface area contributed by atoms with Crippen molar-refractivity contribution in [2.24, 2.45) is 5.92 Å². The number of nitrogens with one attached hydrogen (secondary N) is 1. The summed E-state index contributed by atoms with van der Waals surface area (Å²) in [5.41, 5.74) is 1.94. The number of aliphatic hydroxyl groups is 1. The number of carbonyl (C=O) groups excluding carboxylic acids is 2. The quantitative estimate of drug-likeness (QED) is 0.468. The molecule has 3 aromatic rings. The Bertz CT molecular complexity index is 1360. The first-order valence-electron chi connectivity index (χ1n) is 11.8. The number of likely N-dealkylation sites (tertiary alicyclic amines) is 1. The van der Waals surface area contributed by atoms with Gasteiger partial charge in [-0.15, -0.1) is 0 Å². The molecular formula is C27H28ClN3O5. The third kappa shape index (κ3) is 4.54. The Kier molecular flexibility index (Phi) is 5.97. The van der Waals surface area contributed by atoms with Crippen LogP contribution in [0.15, 0.2) is 48.5 Å². The van der Waals surface area contributed by atoms with Gasteiger partial charge in [-0.05, 0) is 61.4 Å². The molecule has 0 radical (unpaired) electrons. The number of ether oxygens (including phenoxy) is 1. The summed E-state index contributed by atoms with van der Waals surface area (Å²) in [6.07, 6.45) is -1.79.